The first-order valence-corrected chi connectivity index (χ1v) is 10.8. The Morgan fingerprint density at radius 1 is 1.00 bits per heavy atom. The lowest BCUT2D eigenvalue weighted by Gasteiger charge is -2.15. The minimum absolute atomic E-state index is 0.511. The van der Waals surface area contributed by atoms with Crippen molar-refractivity contribution in [2.45, 2.75) is 13.0 Å². The van der Waals surface area contributed by atoms with Crippen molar-refractivity contribution >= 4 is 17.3 Å². The van der Waals surface area contributed by atoms with Crippen LogP contribution < -0.4 is 4.74 Å². The monoisotopic (exact) mass is 424 g/mol. The molecule has 1 fully saturated rings. The van der Waals surface area contributed by atoms with E-state index in [4.69, 9.17) is 4.74 Å². The molecule has 2 aromatic heterocycles. The van der Waals surface area contributed by atoms with E-state index in [0.717, 1.165) is 66.1 Å². The van der Waals surface area contributed by atoms with Crippen LogP contribution in [0.5, 0.6) is 11.5 Å². The molecule has 1 aliphatic heterocycles. The highest BCUT2D eigenvalue weighted by molar-refractivity contribution is 5.89. The number of carbonyl (C=O) groups is 1. The molecule has 160 valence electrons. The summed E-state index contributed by atoms with van der Waals surface area (Å²) < 4.78 is 8.18. The Morgan fingerprint density at radius 3 is 2.62 bits per heavy atom. The summed E-state index contributed by atoms with van der Waals surface area (Å²) in [7, 11) is 0. The normalized spacial score (nSPS) is 16.1. The summed E-state index contributed by atoms with van der Waals surface area (Å²) in [5.41, 5.74) is 3.93. The molecule has 0 amide bonds. The molecule has 0 aliphatic carbocycles. The van der Waals surface area contributed by atoms with Crippen LogP contribution in [0.4, 0.5) is 0 Å². The number of para-hydroxylation sites is 1. The number of hydrogen-bond acceptors (Lipinski definition) is 5. The van der Waals surface area contributed by atoms with Gasteiger partial charge in [0, 0.05) is 37.6 Å². The molecule has 1 unspecified atom stereocenters. The summed E-state index contributed by atoms with van der Waals surface area (Å²) in [5.74, 6) is 2.11. The van der Waals surface area contributed by atoms with Crippen LogP contribution in [0.15, 0.2) is 85.5 Å². The zero-order valence-corrected chi connectivity index (χ0v) is 17.7. The second-order valence-electron chi connectivity index (χ2n) is 7.99. The minimum Gasteiger partial charge on any atom is -0.457 e. The number of allylic oxidation sites excluding steroid dienone is 1. The first-order valence-electron chi connectivity index (χ1n) is 10.8. The highest BCUT2D eigenvalue weighted by Crippen LogP contribution is 2.30. The van der Waals surface area contributed by atoms with Gasteiger partial charge in [-0.1, -0.05) is 18.2 Å². The highest BCUT2D eigenvalue weighted by Gasteiger charge is 2.22. The minimum atomic E-state index is 0.511. The van der Waals surface area contributed by atoms with Gasteiger partial charge in [-0.25, -0.2) is 9.97 Å². The maximum absolute atomic E-state index is 10.6. The summed E-state index contributed by atoms with van der Waals surface area (Å²) in [6, 6.07) is 19.8. The summed E-state index contributed by atoms with van der Waals surface area (Å²) in [6.45, 7) is 2.81. The van der Waals surface area contributed by atoms with Gasteiger partial charge in [0.2, 0.25) is 0 Å². The highest BCUT2D eigenvalue weighted by atomic mass is 16.5. The first kappa shape index (κ1) is 20.0. The molecule has 5 rings (SSSR count). The van der Waals surface area contributed by atoms with Crippen LogP contribution in [0.2, 0.25) is 0 Å². The lowest BCUT2D eigenvalue weighted by molar-refractivity contribution is -0.104. The molecular formula is C26H24N4O2. The molecule has 6 nitrogen and oxygen atoms in total. The van der Waals surface area contributed by atoms with E-state index in [9.17, 15) is 4.79 Å². The Hall–Kier alpha value is -3.93. The van der Waals surface area contributed by atoms with Crippen LogP contribution in [0.25, 0.3) is 22.3 Å². The van der Waals surface area contributed by atoms with E-state index in [2.05, 4.69) is 25.6 Å². The van der Waals surface area contributed by atoms with Crippen molar-refractivity contribution in [2.24, 2.45) is 5.92 Å². The zero-order valence-electron chi connectivity index (χ0n) is 17.7. The number of benzene rings is 2. The standard InChI is InChI=1S/C26H24N4O2/c31-16-4-13-29-14-11-20(17-29)18-30-15-12-24-26(30)25(28-19-27-24)21-7-9-23(10-8-21)32-22-5-2-1-3-6-22/h1-10,12-13,15-16,19-20H,11,14,17-18H2. The van der Waals surface area contributed by atoms with E-state index < -0.39 is 0 Å². The predicted octanol–water partition coefficient (Wildman–Crippen LogP) is 4.93. The summed E-state index contributed by atoms with van der Waals surface area (Å²) in [5, 5.41) is 0. The quantitative estimate of drug-likeness (QED) is 0.311. The predicted molar refractivity (Wildman–Crippen MR) is 124 cm³/mol. The van der Waals surface area contributed by atoms with E-state index in [-0.39, 0.29) is 0 Å². The van der Waals surface area contributed by atoms with Crippen molar-refractivity contribution in [3.8, 4) is 22.8 Å². The maximum Gasteiger partial charge on any atom is 0.144 e. The van der Waals surface area contributed by atoms with Gasteiger partial charge in [-0.2, -0.15) is 0 Å². The van der Waals surface area contributed by atoms with Crippen LogP contribution in [-0.2, 0) is 11.3 Å². The SMILES string of the molecule is O=CC=CN1CCC(Cn2ccc3ncnc(-c4ccc(Oc5ccccc5)cc4)c32)C1. The Balaban J connectivity index is 1.38. The van der Waals surface area contributed by atoms with E-state index in [1.165, 1.54) is 0 Å². The average Bonchev–Trinajstić information content (AvgIpc) is 3.46. The summed E-state index contributed by atoms with van der Waals surface area (Å²) in [6.07, 6.45) is 9.08. The Kier molecular flexibility index (Phi) is 5.66. The summed E-state index contributed by atoms with van der Waals surface area (Å²) >= 11 is 0. The van der Waals surface area contributed by atoms with Gasteiger partial charge in [-0.05, 0) is 60.9 Å². The van der Waals surface area contributed by atoms with Gasteiger partial charge in [0.05, 0.1) is 16.7 Å². The van der Waals surface area contributed by atoms with Gasteiger partial charge in [-0.3, -0.25) is 4.79 Å². The fourth-order valence-electron chi connectivity index (χ4n) is 4.28. The molecule has 0 saturated carbocycles. The third-order valence-electron chi connectivity index (χ3n) is 5.80. The molecule has 1 saturated heterocycles. The second-order valence-corrected chi connectivity index (χ2v) is 7.99. The third kappa shape index (κ3) is 4.25. The third-order valence-corrected chi connectivity index (χ3v) is 5.80. The number of likely N-dealkylation sites (tertiary alicyclic amines) is 1. The van der Waals surface area contributed by atoms with Gasteiger partial charge < -0.3 is 14.2 Å². The molecule has 6 heteroatoms. The number of carbonyl (C=O) groups excluding carboxylic acids is 1. The van der Waals surface area contributed by atoms with Crippen molar-refractivity contribution in [1.82, 2.24) is 19.4 Å². The molecule has 3 heterocycles. The number of nitrogens with zero attached hydrogens (tertiary/aromatic N) is 4. The number of aromatic nitrogens is 3. The number of rotatable bonds is 7. The number of ether oxygens (including phenoxy) is 1. The van der Waals surface area contributed by atoms with Crippen LogP contribution >= 0.6 is 0 Å². The molecule has 0 N–H and O–H groups in total. The Morgan fingerprint density at radius 2 is 1.81 bits per heavy atom. The lowest BCUT2D eigenvalue weighted by atomic mass is 10.1. The maximum atomic E-state index is 10.6. The van der Waals surface area contributed by atoms with E-state index in [1.807, 2.05) is 66.9 Å². The van der Waals surface area contributed by atoms with E-state index in [0.29, 0.717) is 5.92 Å². The average molecular weight is 425 g/mol. The van der Waals surface area contributed by atoms with E-state index >= 15 is 0 Å². The Labute approximate surface area is 186 Å². The van der Waals surface area contributed by atoms with E-state index in [1.54, 1.807) is 12.4 Å². The van der Waals surface area contributed by atoms with Gasteiger partial charge in [0.15, 0.2) is 0 Å². The van der Waals surface area contributed by atoms with Gasteiger partial charge >= 0.3 is 0 Å². The number of hydrogen-bond donors (Lipinski definition) is 0. The van der Waals surface area contributed by atoms with Crippen LogP contribution in [-0.4, -0.2) is 38.8 Å². The molecule has 32 heavy (non-hydrogen) atoms. The molecule has 1 aliphatic rings. The number of fused-ring (bicyclic) bond motifs is 1. The van der Waals surface area contributed by atoms with Crippen molar-refractivity contribution in [2.75, 3.05) is 13.1 Å². The molecule has 0 spiro atoms. The lowest BCUT2D eigenvalue weighted by Crippen LogP contribution is -2.16. The van der Waals surface area contributed by atoms with Crippen LogP contribution in [0.1, 0.15) is 6.42 Å². The van der Waals surface area contributed by atoms with Crippen molar-refractivity contribution in [3.63, 3.8) is 0 Å². The fourth-order valence-corrected chi connectivity index (χ4v) is 4.28. The molecule has 0 radical (unpaired) electrons. The van der Waals surface area contributed by atoms with Gasteiger partial charge in [0.25, 0.3) is 0 Å². The second kappa shape index (κ2) is 9.06. The largest absolute Gasteiger partial charge is 0.457 e. The molecule has 4 aromatic rings. The smallest absolute Gasteiger partial charge is 0.144 e. The topological polar surface area (TPSA) is 60.2 Å². The van der Waals surface area contributed by atoms with Crippen molar-refractivity contribution in [3.05, 3.63) is 85.5 Å². The fraction of sp³-hybridized carbons (Fsp3) is 0.192. The number of aldehydes is 1. The Bertz CT molecular complexity index is 1230. The molecule has 2 aromatic carbocycles. The van der Waals surface area contributed by atoms with Gasteiger partial charge in [0.1, 0.15) is 24.1 Å². The van der Waals surface area contributed by atoms with Crippen molar-refractivity contribution < 1.29 is 9.53 Å². The van der Waals surface area contributed by atoms with Crippen LogP contribution in [0, 0.1) is 5.92 Å². The van der Waals surface area contributed by atoms with Crippen LogP contribution in [0.3, 0.4) is 0 Å². The molecule has 0 bridgehead atoms. The summed E-state index contributed by atoms with van der Waals surface area (Å²) in [4.78, 5) is 21.9. The zero-order chi connectivity index (χ0) is 21.8. The molecule has 1 atom stereocenters. The van der Waals surface area contributed by atoms with Gasteiger partial charge in [-0.15, -0.1) is 0 Å². The first-order chi connectivity index (χ1) is 15.8. The molecular weight excluding hydrogens is 400 g/mol. The van der Waals surface area contributed by atoms with Crippen molar-refractivity contribution in [1.29, 1.82) is 0 Å².